The molecule has 12 rings (SSSR count). The first-order valence-corrected chi connectivity index (χ1v) is 30.6. The third-order valence-electron chi connectivity index (χ3n) is 19.2. The van der Waals surface area contributed by atoms with Crippen LogP contribution >= 0.6 is 0 Å². The van der Waals surface area contributed by atoms with Crippen molar-refractivity contribution in [2.45, 2.75) is 153 Å². The summed E-state index contributed by atoms with van der Waals surface area (Å²) < 4.78 is 77.0. The molecule has 0 spiro atoms. The Morgan fingerprint density at radius 1 is 0.607 bits per heavy atom. The lowest BCUT2D eigenvalue weighted by Crippen LogP contribution is -2.68. The summed E-state index contributed by atoms with van der Waals surface area (Å²) in [6.07, 6.45) is 5.87. The van der Waals surface area contributed by atoms with Gasteiger partial charge in [-0.2, -0.15) is 10.5 Å². The van der Waals surface area contributed by atoms with Gasteiger partial charge in [0.1, 0.15) is 43.4 Å². The molecule has 8 aliphatic heterocycles. The van der Waals surface area contributed by atoms with Gasteiger partial charge in [-0.3, -0.25) is 29.2 Å². The van der Waals surface area contributed by atoms with Crippen LogP contribution in [-0.2, 0) is 54.2 Å². The van der Waals surface area contributed by atoms with Crippen LogP contribution in [-0.4, -0.2) is 162 Å². The molecule has 89 heavy (non-hydrogen) atoms. The summed E-state index contributed by atoms with van der Waals surface area (Å²) in [5.41, 5.74) is 10.8. The van der Waals surface area contributed by atoms with Crippen LogP contribution in [0.5, 0.6) is 57.5 Å². The summed E-state index contributed by atoms with van der Waals surface area (Å²) in [5, 5.41) is 33.2. The standard InChI is InChI=1S/C35H43N3O8.C32H39N3O8/c1-8-10-27(39)43-16-26-29-22(32(42-11-9-2)20(4)33-35(29)46-18-45-33)14-24-30-28-21(13-23(37(30)5)25(15-36)38(24)26)12-19(3)31(41-7)34(28)44-17-40-6;1-7-8-24(36)40-13-23-26-19(28(37)17(3)30-32(26)43-15-42-30)11-21-27-25-18(10-20(34(27)4)22(12-33)35(21)23)9-16(2)29(39-6)31(25)41-14-38-5/h9,12,23-26,30H,2,8,10-11,13-14,16-18H2,1,3-7H3;9,20-23,27,37H,7-8,10-11,13-15H2,1-6H3/t23-,24?,25-,26-,30-;20-,21?,22-,23-,27-/m00/s1. The minimum Gasteiger partial charge on any atom is -0.507 e. The van der Waals surface area contributed by atoms with E-state index in [0.29, 0.717) is 121 Å². The first-order valence-electron chi connectivity index (χ1n) is 30.6. The first kappa shape index (κ1) is 62.9. The van der Waals surface area contributed by atoms with Gasteiger partial charge in [0.15, 0.2) is 59.6 Å². The highest BCUT2D eigenvalue weighted by molar-refractivity contribution is 5.71. The molecule has 0 saturated carbocycles. The van der Waals surface area contributed by atoms with Crippen molar-refractivity contribution in [1.29, 1.82) is 10.5 Å². The number of aromatic hydroxyl groups is 1. The summed E-state index contributed by atoms with van der Waals surface area (Å²) in [6, 6.07) is 6.26. The van der Waals surface area contributed by atoms with Gasteiger partial charge < -0.3 is 66.7 Å². The molecule has 22 nitrogen and oxygen atoms in total. The first-order chi connectivity index (χ1) is 43.1. The predicted octanol–water partition coefficient (Wildman–Crippen LogP) is 8.55. The molecular weight excluding hydrogens is 1140 g/mol. The van der Waals surface area contributed by atoms with Crippen LogP contribution in [0.4, 0.5) is 0 Å². The SMILES string of the molecule is C=CCOc1c(C)c2c(c3c1CC1[C@H]4c5c(cc(C)c(OC)c5OCOC)C[C@@H]([C@H](C#N)N1[C@H]3COC(=O)CCC)N4C)OCO2.CCCC(=O)OC[C@H]1c2c(c(O)c(C)c3c2OCO3)CC2[C@H]3c4c(cc(C)c(OC)c4OCOC)C[C@@H]([C@H](C#N)N21)N3C. The molecule has 8 aliphatic rings. The molecule has 4 bridgehead atoms. The molecular formula is C67H82N6O16. The van der Waals surface area contributed by atoms with Gasteiger partial charge in [0, 0.05) is 95.7 Å². The van der Waals surface area contributed by atoms with Crippen molar-refractivity contribution in [3.05, 3.63) is 91.5 Å². The zero-order valence-corrected chi connectivity index (χ0v) is 53.1. The van der Waals surface area contributed by atoms with Crippen LogP contribution < -0.4 is 42.6 Å². The molecule has 8 heterocycles. The number of hydrogen-bond acceptors (Lipinski definition) is 22. The van der Waals surface area contributed by atoms with Gasteiger partial charge in [-0.15, -0.1) is 0 Å². The Balaban J connectivity index is 0.000000184. The van der Waals surface area contributed by atoms with E-state index >= 15 is 0 Å². The second-order valence-corrected chi connectivity index (χ2v) is 24.0. The summed E-state index contributed by atoms with van der Waals surface area (Å²) in [6.45, 7) is 16.1. The molecule has 476 valence electrons. The Morgan fingerprint density at radius 3 is 1.47 bits per heavy atom. The van der Waals surface area contributed by atoms with Crippen molar-refractivity contribution in [3.63, 3.8) is 0 Å². The van der Waals surface area contributed by atoms with Crippen LogP contribution in [0.1, 0.15) is 130 Å². The highest BCUT2D eigenvalue weighted by atomic mass is 16.7. The molecule has 2 unspecified atom stereocenters. The largest absolute Gasteiger partial charge is 0.507 e. The minimum atomic E-state index is -0.544. The number of piperazine rings is 2. The Labute approximate surface area is 520 Å². The maximum atomic E-state index is 12.8. The molecule has 2 saturated heterocycles. The second kappa shape index (κ2) is 26.0. The third kappa shape index (κ3) is 10.5. The number of aryl methyl sites for hydroxylation is 2. The zero-order valence-electron chi connectivity index (χ0n) is 53.1. The van der Waals surface area contributed by atoms with Gasteiger partial charge in [-0.25, -0.2) is 0 Å². The van der Waals surface area contributed by atoms with Crippen molar-refractivity contribution in [1.82, 2.24) is 19.6 Å². The van der Waals surface area contributed by atoms with E-state index in [1.54, 1.807) is 34.5 Å². The third-order valence-corrected chi connectivity index (χ3v) is 19.2. The summed E-state index contributed by atoms with van der Waals surface area (Å²) in [4.78, 5) is 34.5. The van der Waals surface area contributed by atoms with Crippen molar-refractivity contribution < 1.29 is 76.3 Å². The number of carbonyl (C=O) groups is 2. The van der Waals surface area contributed by atoms with Gasteiger partial charge in [0.2, 0.25) is 13.6 Å². The number of nitrogens with zero attached hydrogens (tertiary/aromatic N) is 6. The zero-order chi connectivity index (χ0) is 63.3. The molecule has 0 radical (unpaired) electrons. The smallest absolute Gasteiger partial charge is 0.305 e. The summed E-state index contributed by atoms with van der Waals surface area (Å²) >= 11 is 0. The molecule has 1 N–H and O–H groups in total. The topological polar surface area (TPSA) is 235 Å². The van der Waals surface area contributed by atoms with E-state index in [-0.39, 0.29) is 94.3 Å². The number of likely N-dealkylation sites (N-methyl/N-ethyl adjacent to an activating group) is 2. The van der Waals surface area contributed by atoms with Crippen LogP contribution in [0.15, 0.2) is 24.8 Å². The Hall–Kier alpha value is -7.70. The van der Waals surface area contributed by atoms with E-state index in [2.05, 4.69) is 57.5 Å². The molecule has 10 atom stereocenters. The second-order valence-electron chi connectivity index (χ2n) is 24.0. The number of carbonyl (C=O) groups excluding carboxylic acids is 2. The van der Waals surface area contributed by atoms with Gasteiger partial charge in [0.05, 0.1) is 50.5 Å². The molecule has 0 amide bonds. The van der Waals surface area contributed by atoms with E-state index < -0.39 is 24.2 Å². The fourth-order valence-electron chi connectivity index (χ4n) is 15.7. The number of ether oxygens (including phenoxy) is 13. The maximum Gasteiger partial charge on any atom is 0.305 e. The average Bonchev–Trinajstić information content (AvgIpc) is 1.58. The van der Waals surface area contributed by atoms with Gasteiger partial charge in [0.25, 0.3) is 0 Å². The van der Waals surface area contributed by atoms with Crippen LogP contribution in [0.25, 0.3) is 0 Å². The summed E-state index contributed by atoms with van der Waals surface area (Å²) in [5.74, 6) is 5.09. The van der Waals surface area contributed by atoms with E-state index in [9.17, 15) is 25.2 Å². The van der Waals surface area contributed by atoms with E-state index in [1.807, 2.05) is 48.6 Å². The number of benzene rings is 4. The summed E-state index contributed by atoms with van der Waals surface area (Å²) in [7, 11) is 10.6. The molecule has 0 aromatic heterocycles. The van der Waals surface area contributed by atoms with Crippen molar-refractivity contribution in [2.75, 3.05) is 89.5 Å². The van der Waals surface area contributed by atoms with Gasteiger partial charge in [-0.1, -0.05) is 38.6 Å². The lowest BCUT2D eigenvalue weighted by Gasteiger charge is -2.60. The van der Waals surface area contributed by atoms with Crippen LogP contribution in [0.3, 0.4) is 0 Å². The Bertz CT molecular complexity index is 3510. The molecule has 22 heteroatoms. The number of fused-ring (bicyclic) bond motifs is 18. The number of hydrogen-bond donors (Lipinski definition) is 1. The quantitative estimate of drug-likeness (QED) is 0.0526. The fraction of sp³-hybridized carbons (Fsp3) is 0.552. The van der Waals surface area contributed by atoms with E-state index in [4.69, 9.17) is 61.6 Å². The van der Waals surface area contributed by atoms with Crippen molar-refractivity contribution in [3.8, 4) is 69.6 Å². The van der Waals surface area contributed by atoms with E-state index in [0.717, 1.165) is 55.6 Å². The number of phenolic OH excluding ortho intramolecular Hbond substituents is 1. The minimum absolute atomic E-state index is 0.0130. The Kier molecular flexibility index (Phi) is 18.4. The maximum absolute atomic E-state index is 12.8. The number of nitriles is 2. The number of esters is 2. The van der Waals surface area contributed by atoms with Crippen LogP contribution in [0.2, 0.25) is 0 Å². The van der Waals surface area contributed by atoms with Crippen molar-refractivity contribution in [2.24, 2.45) is 0 Å². The highest BCUT2D eigenvalue weighted by Gasteiger charge is 2.59. The van der Waals surface area contributed by atoms with E-state index in [1.165, 1.54) is 0 Å². The number of phenols is 1. The highest BCUT2D eigenvalue weighted by Crippen LogP contribution is 2.61. The molecule has 0 aliphatic carbocycles. The lowest BCUT2D eigenvalue weighted by atomic mass is 9.71. The fourth-order valence-corrected chi connectivity index (χ4v) is 15.7. The normalized spacial score (nSPS) is 24.7. The predicted molar refractivity (Wildman–Crippen MR) is 323 cm³/mol. The van der Waals surface area contributed by atoms with Gasteiger partial charge in [-0.05, 0) is 103 Å². The Morgan fingerprint density at radius 2 is 1.04 bits per heavy atom. The van der Waals surface area contributed by atoms with Crippen molar-refractivity contribution >= 4 is 11.9 Å². The monoisotopic (exact) mass is 1230 g/mol. The van der Waals surface area contributed by atoms with Crippen LogP contribution in [0, 0.1) is 50.4 Å². The molecule has 4 aromatic rings. The number of methoxy groups -OCH3 is 4. The number of rotatable bonds is 19. The molecule has 2 fully saturated rings. The average molecular weight is 1230 g/mol. The molecule has 4 aromatic carbocycles. The van der Waals surface area contributed by atoms with Gasteiger partial charge >= 0.3 is 11.9 Å². The lowest BCUT2D eigenvalue weighted by molar-refractivity contribution is -0.150.